The standard InChI is InChI=1S/C14H19NO4/c1-9-7-13(19-4)10(8-12(9)18-3)11(15-2)5-6-14(16)17/h5-8,11,15H,1-4H3,(H,16,17)/b6-5+. The molecule has 5 nitrogen and oxygen atoms in total. The number of rotatable bonds is 6. The van der Waals surface area contributed by atoms with Crippen LogP contribution in [0.1, 0.15) is 17.2 Å². The van der Waals surface area contributed by atoms with Crippen molar-refractivity contribution in [2.75, 3.05) is 21.3 Å². The third kappa shape index (κ3) is 3.72. The molecule has 0 bridgehead atoms. The van der Waals surface area contributed by atoms with Crippen LogP contribution in [-0.2, 0) is 4.79 Å². The summed E-state index contributed by atoms with van der Waals surface area (Å²) in [5.74, 6) is 0.436. The van der Waals surface area contributed by atoms with E-state index in [0.717, 1.165) is 23.0 Å². The third-order valence-corrected chi connectivity index (χ3v) is 2.82. The molecule has 1 unspecified atom stereocenters. The fraction of sp³-hybridized carbons (Fsp3) is 0.357. The molecule has 0 heterocycles. The van der Waals surface area contributed by atoms with E-state index in [-0.39, 0.29) is 6.04 Å². The van der Waals surface area contributed by atoms with E-state index in [2.05, 4.69) is 5.32 Å². The van der Waals surface area contributed by atoms with Gasteiger partial charge >= 0.3 is 5.97 Å². The van der Waals surface area contributed by atoms with Crippen LogP contribution in [-0.4, -0.2) is 32.3 Å². The lowest BCUT2D eigenvalue weighted by molar-refractivity contribution is -0.131. The molecule has 0 amide bonds. The zero-order valence-electron chi connectivity index (χ0n) is 11.6. The predicted molar refractivity (Wildman–Crippen MR) is 72.9 cm³/mol. The van der Waals surface area contributed by atoms with Gasteiger partial charge in [-0.2, -0.15) is 0 Å². The Labute approximate surface area is 112 Å². The molecule has 0 fully saturated rings. The van der Waals surface area contributed by atoms with Gasteiger partial charge in [0.15, 0.2) is 0 Å². The van der Waals surface area contributed by atoms with Crippen molar-refractivity contribution in [1.29, 1.82) is 0 Å². The number of carbonyl (C=O) groups is 1. The first-order valence-electron chi connectivity index (χ1n) is 5.84. The van der Waals surface area contributed by atoms with Crippen molar-refractivity contribution in [3.05, 3.63) is 35.4 Å². The Morgan fingerprint density at radius 2 is 1.95 bits per heavy atom. The van der Waals surface area contributed by atoms with E-state index in [1.165, 1.54) is 0 Å². The van der Waals surface area contributed by atoms with Crippen molar-refractivity contribution < 1.29 is 19.4 Å². The topological polar surface area (TPSA) is 67.8 Å². The first-order chi connectivity index (χ1) is 9.03. The van der Waals surface area contributed by atoms with E-state index in [0.29, 0.717) is 5.75 Å². The molecule has 0 aliphatic rings. The SMILES string of the molecule is CNC(/C=C/C(=O)O)c1cc(OC)c(C)cc1OC. The zero-order chi connectivity index (χ0) is 14.4. The summed E-state index contributed by atoms with van der Waals surface area (Å²) in [6, 6.07) is 3.45. The van der Waals surface area contributed by atoms with Gasteiger partial charge in [-0.15, -0.1) is 0 Å². The quantitative estimate of drug-likeness (QED) is 0.769. The smallest absolute Gasteiger partial charge is 0.328 e. The molecular weight excluding hydrogens is 246 g/mol. The summed E-state index contributed by atoms with van der Waals surface area (Å²) in [4.78, 5) is 10.6. The van der Waals surface area contributed by atoms with Crippen LogP contribution < -0.4 is 14.8 Å². The van der Waals surface area contributed by atoms with Crippen LogP contribution in [0.3, 0.4) is 0 Å². The summed E-state index contributed by atoms with van der Waals surface area (Å²) in [5, 5.41) is 11.7. The molecule has 19 heavy (non-hydrogen) atoms. The molecule has 1 aromatic carbocycles. The Morgan fingerprint density at radius 1 is 1.32 bits per heavy atom. The Hall–Kier alpha value is -2.01. The number of carboxylic acids is 1. The van der Waals surface area contributed by atoms with Gasteiger partial charge in [0.25, 0.3) is 0 Å². The van der Waals surface area contributed by atoms with Crippen molar-refractivity contribution >= 4 is 5.97 Å². The molecule has 1 aromatic rings. The summed E-state index contributed by atoms with van der Waals surface area (Å²) in [6.07, 6.45) is 2.67. The van der Waals surface area contributed by atoms with Crippen molar-refractivity contribution in [3.8, 4) is 11.5 Å². The van der Waals surface area contributed by atoms with E-state index in [1.807, 2.05) is 19.1 Å². The van der Waals surface area contributed by atoms with E-state index in [9.17, 15) is 4.79 Å². The molecule has 104 valence electrons. The maximum absolute atomic E-state index is 10.6. The van der Waals surface area contributed by atoms with Gasteiger partial charge in [-0.1, -0.05) is 6.08 Å². The fourth-order valence-corrected chi connectivity index (χ4v) is 1.85. The summed E-state index contributed by atoms with van der Waals surface area (Å²) in [5.41, 5.74) is 1.78. The number of benzene rings is 1. The zero-order valence-corrected chi connectivity index (χ0v) is 11.6. The van der Waals surface area contributed by atoms with Crippen LogP contribution >= 0.6 is 0 Å². The Morgan fingerprint density at radius 3 is 2.42 bits per heavy atom. The molecular formula is C14H19NO4. The van der Waals surface area contributed by atoms with Gasteiger partial charge in [0.05, 0.1) is 20.3 Å². The first-order valence-corrected chi connectivity index (χ1v) is 5.84. The minimum absolute atomic E-state index is 0.263. The van der Waals surface area contributed by atoms with Crippen molar-refractivity contribution in [2.24, 2.45) is 0 Å². The van der Waals surface area contributed by atoms with Gasteiger partial charge in [0, 0.05) is 11.6 Å². The van der Waals surface area contributed by atoms with E-state index < -0.39 is 5.97 Å². The largest absolute Gasteiger partial charge is 0.496 e. The Balaban J connectivity index is 3.24. The average molecular weight is 265 g/mol. The Kier molecular flexibility index (Phi) is 5.38. The molecule has 0 saturated heterocycles. The van der Waals surface area contributed by atoms with Crippen LogP contribution in [0.15, 0.2) is 24.3 Å². The first kappa shape index (κ1) is 15.0. The van der Waals surface area contributed by atoms with Crippen LogP contribution in [0, 0.1) is 6.92 Å². The van der Waals surface area contributed by atoms with E-state index in [4.69, 9.17) is 14.6 Å². The second-order valence-electron chi connectivity index (χ2n) is 4.03. The van der Waals surface area contributed by atoms with E-state index in [1.54, 1.807) is 27.3 Å². The number of hydrogen-bond acceptors (Lipinski definition) is 4. The lowest BCUT2D eigenvalue weighted by atomic mass is 10.0. The number of aliphatic carboxylic acids is 1. The van der Waals surface area contributed by atoms with Gasteiger partial charge in [0.2, 0.25) is 0 Å². The number of hydrogen-bond donors (Lipinski definition) is 2. The summed E-state index contributed by atoms with van der Waals surface area (Å²) in [7, 11) is 4.93. The van der Waals surface area contributed by atoms with Crippen molar-refractivity contribution in [1.82, 2.24) is 5.32 Å². The third-order valence-electron chi connectivity index (χ3n) is 2.82. The van der Waals surface area contributed by atoms with Crippen molar-refractivity contribution in [3.63, 3.8) is 0 Å². The van der Waals surface area contributed by atoms with Gasteiger partial charge < -0.3 is 19.9 Å². The summed E-state index contributed by atoms with van der Waals surface area (Å²) in [6.45, 7) is 1.92. The normalized spacial score (nSPS) is 12.4. The molecule has 0 aliphatic carbocycles. The highest BCUT2D eigenvalue weighted by molar-refractivity contribution is 5.79. The van der Waals surface area contributed by atoms with Crippen LogP contribution in [0.5, 0.6) is 11.5 Å². The fourth-order valence-electron chi connectivity index (χ4n) is 1.85. The summed E-state index contributed by atoms with van der Waals surface area (Å²) < 4.78 is 10.6. The molecule has 0 radical (unpaired) electrons. The summed E-state index contributed by atoms with van der Waals surface area (Å²) >= 11 is 0. The monoisotopic (exact) mass is 265 g/mol. The average Bonchev–Trinajstić information content (AvgIpc) is 2.39. The number of nitrogens with one attached hydrogen (secondary N) is 1. The minimum atomic E-state index is -0.988. The number of carboxylic acid groups (broad SMARTS) is 1. The molecule has 1 rings (SSSR count). The van der Waals surface area contributed by atoms with Crippen LogP contribution in [0.4, 0.5) is 0 Å². The molecule has 5 heteroatoms. The number of methoxy groups -OCH3 is 2. The number of ether oxygens (including phenoxy) is 2. The van der Waals surface area contributed by atoms with Crippen LogP contribution in [0.25, 0.3) is 0 Å². The molecule has 0 saturated carbocycles. The number of likely N-dealkylation sites (N-methyl/N-ethyl adjacent to an activating group) is 1. The molecule has 0 aromatic heterocycles. The lowest BCUT2D eigenvalue weighted by Crippen LogP contribution is -2.15. The molecule has 0 aliphatic heterocycles. The number of aryl methyl sites for hydroxylation is 1. The lowest BCUT2D eigenvalue weighted by Gasteiger charge is -2.18. The molecule has 2 N–H and O–H groups in total. The highest BCUT2D eigenvalue weighted by atomic mass is 16.5. The maximum Gasteiger partial charge on any atom is 0.328 e. The predicted octanol–water partition coefficient (Wildman–Crippen LogP) is 1.91. The van der Waals surface area contributed by atoms with Crippen molar-refractivity contribution in [2.45, 2.75) is 13.0 Å². The second kappa shape index (κ2) is 6.80. The highest BCUT2D eigenvalue weighted by Crippen LogP contribution is 2.32. The van der Waals surface area contributed by atoms with E-state index >= 15 is 0 Å². The molecule has 0 spiro atoms. The van der Waals surface area contributed by atoms with Crippen LogP contribution in [0.2, 0.25) is 0 Å². The highest BCUT2D eigenvalue weighted by Gasteiger charge is 2.15. The van der Waals surface area contributed by atoms with Gasteiger partial charge in [0.1, 0.15) is 11.5 Å². The second-order valence-corrected chi connectivity index (χ2v) is 4.03. The van der Waals surface area contributed by atoms with Gasteiger partial charge in [-0.3, -0.25) is 0 Å². The van der Waals surface area contributed by atoms with Gasteiger partial charge in [-0.05, 0) is 31.7 Å². The van der Waals surface area contributed by atoms with Gasteiger partial charge in [-0.25, -0.2) is 4.79 Å². The maximum atomic E-state index is 10.6. The minimum Gasteiger partial charge on any atom is -0.496 e. The molecule has 1 atom stereocenters. The Bertz CT molecular complexity index is 483.